The van der Waals surface area contributed by atoms with Crippen molar-refractivity contribution in [3.8, 4) is 0 Å². The van der Waals surface area contributed by atoms with E-state index in [4.69, 9.17) is 4.55 Å². The summed E-state index contributed by atoms with van der Waals surface area (Å²) in [6.45, 7) is 6.52. The lowest BCUT2D eigenvalue weighted by molar-refractivity contribution is 0.320. The molecule has 0 aliphatic carbocycles. The molecule has 0 radical (unpaired) electrons. The molecular formula is C15H24O3S. The van der Waals surface area contributed by atoms with Gasteiger partial charge in [0.25, 0.3) is 10.1 Å². The Hall–Kier alpha value is -0.870. The predicted molar refractivity (Wildman–Crippen MR) is 78.9 cm³/mol. The molecule has 19 heavy (non-hydrogen) atoms. The first-order chi connectivity index (χ1) is 8.70. The van der Waals surface area contributed by atoms with Crippen LogP contribution in [0, 0.1) is 12.3 Å². The van der Waals surface area contributed by atoms with Crippen LogP contribution in [0.3, 0.4) is 0 Å². The van der Waals surface area contributed by atoms with Crippen molar-refractivity contribution in [2.75, 3.05) is 5.75 Å². The summed E-state index contributed by atoms with van der Waals surface area (Å²) in [6.07, 6.45) is 3.29. The van der Waals surface area contributed by atoms with Crippen molar-refractivity contribution in [1.82, 2.24) is 0 Å². The second-order valence-corrected chi connectivity index (χ2v) is 7.58. The van der Waals surface area contributed by atoms with Gasteiger partial charge in [-0.3, -0.25) is 4.55 Å². The zero-order valence-corrected chi connectivity index (χ0v) is 12.8. The Morgan fingerprint density at radius 2 is 1.79 bits per heavy atom. The molecule has 0 atom stereocenters. The van der Waals surface area contributed by atoms with Gasteiger partial charge in [-0.05, 0) is 42.7 Å². The van der Waals surface area contributed by atoms with Crippen LogP contribution < -0.4 is 0 Å². The topological polar surface area (TPSA) is 54.4 Å². The van der Waals surface area contributed by atoms with E-state index < -0.39 is 10.1 Å². The van der Waals surface area contributed by atoms with E-state index in [2.05, 4.69) is 39.0 Å². The molecule has 1 rings (SSSR count). The van der Waals surface area contributed by atoms with Gasteiger partial charge in [-0.25, -0.2) is 0 Å². The van der Waals surface area contributed by atoms with E-state index in [0.29, 0.717) is 6.42 Å². The van der Waals surface area contributed by atoms with E-state index in [-0.39, 0.29) is 11.2 Å². The third-order valence-electron chi connectivity index (χ3n) is 3.44. The molecule has 0 saturated carbocycles. The summed E-state index contributed by atoms with van der Waals surface area (Å²) in [5.74, 6) is -0.132. The largest absolute Gasteiger partial charge is 0.286 e. The maximum atomic E-state index is 10.6. The minimum Gasteiger partial charge on any atom is -0.286 e. The molecule has 3 nitrogen and oxygen atoms in total. The van der Waals surface area contributed by atoms with Crippen molar-refractivity contribution < 1.29 is 13.0 Å². The third-order valence-corrected chi connectivity index (χ3v) is 4.24. The number of benzene rings is 1. The van der Waals surface area contributed by atoms with Crippen molar-refractivity contribution in [2.24, 2.45) is 5.41 Å². The Labute approximate surface area is 116 Å². The van der Waals surface area contributed by atoms with E-state index in [1.807, 2.05) is 6.07 Å². The van der Waals surface area contributed by atoms with Crippen molar-refractivity contribution in [3.05, 3.63) is 35.4 Å². The smallest absolute Gasteiger partial charge is 0.264 e. The number of aryl methyl sites for hydroxylation is 1. The van der Waals surface area contributed by atoms with E-state index >= 15 is 0 Å². The summed E-state index contributed by atoms with van der Waals surface area (Å²) < 4.78 is 30.0. The van der Waals surface area contributed by atoms with Gasteiger partial charge < -0.3 is 0 Å². The fourth-order valence-corrected chi connectivity index (χ4v) is 2.87. The Bertz CT molecular complexity index is 504. The van der Waals surface area contributed by atoms with Crippen LogP contribution >= 0.6 is 0 Å². The van der Waals surface area contributed by atoms with E-state index in [9.17, 15) is 8.42 Å². The lowest BCUT2D eigenvalue weighted by Crippen LogP contribution is -2.16. The Morgan fingerprint density at radius 1 is 1.16 bits per heavy atom. The molecule has 0 aliphatic heterocycles. The zero-order valence-electron chi connectivity index (χ0n) is 12.0. The minimum absolute atomic E-state index is 0.132. The van der Waals surface area contributed by atoms with E-state index in [0.717, 1.165) is 19.3 Å². The van der Waals surface area contributed by atoms with Gasteiger partial charge in [-0.15, -0.1) is 0 Å². The fraction of sp³-hybridized carbons (Fsp3) is 0.600. The van der Waals surface area contributed by atoms with E-state index in [1.54, 1.807) is 0 Å². The maximum absolute atomic E-state index is 10.6. The van der Waals surface area contributed by atoms with Gasteiger partial charge in [0.2, 0.25) is 0 Å². The van der Waals surface area contributed by atoms with Crippen molar-refractivity contribution >= 4 is 10.1 Å². The average Bonchev–Trinajstić information content (AvgIpc) is 2.26. The monoisotopic (exact) mass is 284 g/mol. The van der Waals surface area contributed by atoms with Gasteiger partial charge in [0.1, 0.15) is 0 Å². The maximum Gasteiger partial charge on any atom is 0.264 e. The highest BCUT2D eigenvalue weighted by Gasteiger charge is 2.19. The summed E-state index contributed by atoms with van der Waals surface area (Å²) >= 11 is 0. The Balaban J connectivity index is 2.46. The highest BCUT2D eigenvalue weighted by molar-refractivity contribution is 7.85. The molecule has 0 heterocycles. The molecule has 0 spiro atoms. The van der Waals surface area contributed by atoms with Crippen LogP contribution in [0.15, 0.2) is 24.3 Å². The minimum atomic E-state index is -3.81. The quantitative estimate of drug-likeness (QED) is 0.614. The van der Waals surface area contributed by atoms with Crippen molar-refractivity contribution in [1.29, 1.82) is 0 Å². The molecule has 1 aromatic rings. The molecule has 1 aromatic carbocycles. The van der Waals surface area contributed by atoms with Gasteiger partial charge in [-0.2, -0.15) is 8.42 Å². The van der Waals surface area contributed by atoms with Crippen LogP contribution in [0.5, 0.6) is 0 Å². The molecule has 4 heteroatoms. The molecule has 0 amide bonds. The summed E-state index contributed by atoms with van der Waals surface area (Å²) in [6, 6.07) is 8.35. The Morgan fingerprint density at radius 3 is 2.37 bits per heavy atom. The first kappa shape index (κ1) is 16.2. The van der Waals surface area contributed by atoms with E-state index in [1.165, 1.54) is 11.1 Å². The first-order valence-electron chi connectivity index (χ1n) is 6.69. The second kappa shape index (κ2) is 6.53. The van der Waals surface area contributed by atoms with Crippen LogP contribution in [0.2, 0.25) is 0 Å². The number of hydrogen-bond donors (Lipinski definition) is 1. The average molecular weight is 284 g/mol. The number of rotatable bonds is 7. The highest BCUT2D eigenvalue weighted by Crippen LogP contribution is 2.29. The summed E-state index contributed by atoms with van der Waals surface area (Å²) in [5, 5.41) is 0. The predicted octanol–water partition coefficient (Wildman–Crippen LogP) is 3.62. The molecule has 0 saturated heterocycles. The van der Waals surface area contributed by atoms with Crippen LogP contribution in [0.25, 0.3) is 0 Å². The lowest BCUT2D eigenvalue weighted by atomic mass is 9.80. The Kier molecular flexibility index (Phi) is 5.56. The highest BCUT2D eigenvalue weighted by atomic mass is 32.2. The van der Waals surface area contributed by atoms with Crippen molar-refractivity contribution in [2.45, 2.75) is 46.5 Å². The molecule has 1 N–H and O–H groups in total. The SMILES string of the molecule is Cc1ccccc1CC(C)(C)CCCCS(=O)(=O)O. The first-order valence-corrected chi connectivity index (χ1v) is 8.30. The third kappa shape index (κ3) is 6.73. The molecule has 0 aliphatic rings. The lowest BCUT2D eigenvalue weighted by Gasteiger charge is -2.25. The molecule has 0 unspecified atom stereocenters. The molecule has 0 bridgehead atoms. The van der Waals surface area contributed by atoms with Crippen LogP contribution in [-0.2, 0) is 16.5 Å². The summed E-state index contributed by atoms with van der Waals surface area (Å²) in [4.78, 5) is 0. The summed E-state index contributed by atoms with van der Waals surface area (Å²) in [7, 11) is -3.81. The van der Waals surface area contributed by atoms with Gasteiger partial charge in [0.15, 0.2) is 0 Å². The fourth-order valence-electron chi connectivity index (χ4n) is 2.30. The van der Waals surface area contributed by atoms with Crippen LogP contribution in [0.4, 0.5) is 0 Å². The normalized spacial score (nSPS) is 12.6. The van der Waals surface area contributed by atoms with Gasteiger partial charge in [-0.1, -0.05) is 44.5 Å². The van der Waals surface area contributed by atoms with Crippen molar-refractivity contribution in [3.63, 3.8) is 0 Å². The molecular weight excluding hydrogens is 260 g/mol. The second-order valence-electron chi connectivity index (χ2n) is 6.01. The van der Waals surface area contributed by atoms with Crippen LogP contribution in [-0.4, -0.2) is 18.7 Å². The molecule has 0 aromatic heterocycles. The summed E-state index contributed by atoms with van der Waals surface area (Å²) in [5.41, 5.74) is 2.79. The van der Waals surface area contributed by atoms with Crippen LogP contribution in [0.1, 0.15) is 44.2 Å². The molecule has 0 fully saturated rings. The van der Waals surface area contributed by atoms with Gasteiger partial charge in [0.05, 0.1) is 5.75 Å². The number of hydrogen-bond acceptors (Lipinski definition) is 2. The van der Waals surface area contributed by atoms with Gasteiger partial charge >= 0.3 is 0 Å². The van der Waals surface area contributed by atoms with Gasteiger partial charge in [0, 0.05) is 0 Å². The molecule has 108 valence electrons. The zero-order chi connectivity index (χ0) is 14.5. The number of unbranched alkanes of at least 4 members (excludes halogenated alkanes) is 1. The standard InChI is InChI=1S/C15H24O3S/c1-13-8-4-5-9-14(13)12-15(2,3)10-6-7-11-19(16,17)18/h4-5,8-9H,6-7,10-12H2,1-3H3,(H,16,17,18).